The average molecular weight is 546 g/mol. The number of nitrogens with zero attached hydrogens (tertiary/aromatic N) is 1. The van der Waals surface area contributed by atoms with E-state index < -0.39 is 17.8 Å². The number of thioether (sulfide) groups is 1. The van der Waals surface area contributed by atoms with E-state index in [1.54, 1.807) is 61.5 Å². The van der Waals surface area contributed by atoms with Crippen LogP contribution in [0.4, 0.5) is 11.4 Å². The molecule has 2 N–H and O–H groups in total. The first-order valence-corrected chi connectivity index (χ1v) is 13.3. The van der Waals surface area contributed by atoms with E-state index in [1.807, 2.05) is 49.3 Å². The molecule has 0 radical (unpaired) electrons. The largest absolute Gasteiger partial charge is 0.466 e. The molecule has 0 aliphatic carbocycles. The van der Waals surface area contributed by atoms with Crippen molar-refractivity contribution in [3.8, 4) is 0 Å². The first-order chi connectivity index (χ1) is 18.7. The highest BCUT2D eigenvalue weighted by Crippen LogP contribution is 2.21. The van der Waals surface area contributed by atoms with Gasteiger partial charge < -0.3 is 20.3 Å². The molecular formula is C30H31N3O5S. The Morgan fingerprint density at radius 1 is 0.897 bits per heavy atom. The minimum atomic E-state index is -0.530. The number of carbonyl (C=O) groups is 4. The summed E-state index contributed by atoms with van der Waals surface area (Å²) in [5.74, 6) is -1.51. The first-order valence-electron chi connectivity index (χ1n) is 12.3. The van der Waals surface area contributed by atoms with Gasteiger partial charge in [-0.3, -0.25) is 19.2 Å². The Kier molecular flexibility index (Phi) is 10.9. The second-order valence-corrected chi connectivity index (χ2v) is 9.70. The van der Waals surface area contributed by atoms with Crippen LogP contribution in [0.5, 0.6) is 0 Å². The number of Topliss-reactive ketones (excluding diaryl/α,β-unsaturated/α-hetero) is 1. The summed E-state index contributed by atoms with van der Waals surface area (Å²) in [4.78, 5) is 52.2. The maximum atomic E-state index is 13.2. The summed E-state index contributed by atoms with van der Waals surface area (Å²) < 4.78 is 4.80. The lowest BCUT2D eigenvalue weighted by Gasteiger charge is -2.13. The number of benzene rings is 3. The predicted octanol–water partition coefficient (Wildman–Crippen LogP) is 4.78. The molecule has 0 bridgehead atoms. The van der Waals surface area contributed by atoms with Crippen molar-refractivity contribution in [2.45, 2.75) is 18.2 Å². The molecule has 3 rings (SSSR count). The number of rotatable bonds is 12. The fourth-order valence-corrected chi connectivity index (χ4v) is 4.16. The molecule has 9 heteroatoms. The lowest BCUT2D eigenvalue weighted by molar-refractivity contribution is -0.145. The van der Waals surface area contributed by atoms with Crippen molar-refractivity contribution in [2.24, 2.45) is 0 Å². The molecular weight excluding hydrogens is 514 g/mol. The predicted molar refractivity (Wildman–Crippen MR) is 155 cm³/mol. The first kappa shape index (κ1) is 29.2. The maximum Gasteiger partial charge on any atom is 0.313 e. The highest BCUT2D eigenvalue weighted by atomic mass is 32.2. The quantitative estimate of drug-likeness (QED) is 0.146. The molecule has 0 unspecified atom stereocenters. The van der Waals surface area contributed by atoms with Gasteiger partial charge in [0, 0.05) is 35.9 Å². The van der Waals surface area contributed by atoms with E-state index in [2.05, 4.69) is 10.6 Å². The zero-order valence-electron chi connectivity index (χ0n) is 22.1. The number of esters is 1. The van der Waals surface area contributed by atoms with Crippen LogP contribution in [0, 0.1) is 0 Å². The monoisotopic (exact) mass is 545 g/mol. The van der Waals surface area contributed by atoms with Gasteiger partial charge >= 0.3 is 5.97 Å². The molecule has 3 aromatic carbocycles. The van der Waals surface area contributed by atoms with Crippen LogP contribution < -0.4 is 15.5 Å². The molecule has 3 aromatic rings. The Morgan fingerprint density at radius 2 is 1.56 bits per heavy atom. The van der Waals surface area contributed by atoms with Crippen molar-refractivity contribution in [1.82, 2.24) is 5.32 Å². The Bertz CT molecular complexity index is 1320. The van der Waals surface area contributed by atoms with Crippen molar-refractivity contribution in [3.05, 3.63) is 95.7 Å². The van der Waals surface area contributed by atoms with Crippen LogP contribution in [0.25, 0.3) is 6.08 Å². The van der Waals surface area contributed by atoms with Crippen LogP contribution in [0.15, 0.2) is 89.5 Å². The molecule has 0 aliphatic heterocycles. The smallest absolute Gasteiger partial charge is 0.313 e. The number of ether oxygens (including phenoxy) is 1. The van der Waals surface area contributed by atoms with E-state index in [9.17, 15) is 19.2 Å². The van der Waals surface area contributed by atoms with Crippen LogP contribution >= 0.6 is 11.8 Å². The van der Waals surface area contributed by atoms with E-state index in [0.717, 1.165) is 16.1 Å². The van der Waals surface area contributed by atoms with E-state index in [4.69, 9.17) is 4.74 Å². The molecule has 0 aliphatic rings. The molecule has 0 fully saturated rings. The van der Waals surface area contributed by atoms with Gasteiger partial charge in [0.1, 0.15) is 12.1 Å². The summed E-state index contributed by atoms with van der Waals surface area (Å²) >= 11 is 1.29. The second kappa shape index (κ2) is 14.5. The number of anilines is 2. The van der Waals surface area contributed by atoms with Gasteiger partial charge in [-0.25, -0.2) is 0 Å². The Balaban J connectivity index is 1.70. The normalized spacial score (nSPS) is 10.9. The third-order valence-electron chi connectivity index (χ3n) is 5.41. The second-order valence-electron chi connectivity index (χ2n) is 8.65. The molecule has 0 aromatic heterocycles. The SMILES string of the molecule is CCOC(=O)CC(=O)CSc1ccc(NC(=O)/C(=C/c2ccc(N(C)C)cc2)NC(=O)c2ccccc2)cc1. The lowest BCUT2D eigenvalue weighted by Crippen LogP contribution is -2.30. The minimum absolute atomic E-state index is 0.0875. The molecule has 0 spiro atoms. The van der Waals surface area contributed by atoms with Crippen molar-refractivity contribution in [3.63, 3.8) is 0 Å². The van der Waals surface area contributed by atoms with E-state index in [-0.39, 0.29) is 30.3 Å². The van der Waals surface area contributed by atoms with Gasteiger partial charge in [-0.2, -0.15) is 0 Å². The van der Waals surface area contributed by atoms with Crippen LogP contribution in [0.3, 0.4) is 0 Å². The maximum absolute atomic E-state index is 13.2. The van der Waals surface area contributed by atoms with E-state index in [1.165, 1.54) is 11.8 Å². The molecule has 0 saturated heterocycles. The van der Waals surface area contributed by atoms with Gasteiger partial charge in [-0.1, -0.05) is 30.3 Å². The number of hydrogen-bond acceptors (Lipinski definition) is 7. The minimum Gasteiger partial charge on any atom is -0.466 e. The van der Waals surface area contributed by atoms with Gasteiger partial charge in [0.15, 0.2) is 5.78 Å². The molecule has 39 heavy (non-hydrogen) atoms. The number of nitrogens with one attached hydrogen (secondary N) is 2. The van der Waals surface area contributed by atoms with E-state index in [0.29, 0.717) is 11.3 Å². The summed E-state index contributed by atoms with van der Waals surface area (Å²) in [6.07, 6.45) is 1.37. The van der Waals surface area contributed by atoms with Crippen molar-refractivity contribution in [1.29, 1.82) is 0 Å². The van der Waals surface area contributed by atoms with Gasteiger partial charge in [0.2, 0.25) is 0 Å². The standard InChI is InChI=1S/C30H31N3O5S/c1-4-38-28(35)19-25(34)20-39-26-16-12-23(13-17-26)31-30(37)27(32-29(36)22-8-6-5-7-9-22)18-21-10-14-24(15-11-21)33(2)3/h5-18H,4,19-20H2,1-3H3,(H,31,37)(H,32,36)/b27-18-. The Labute approximate surface area is 232 Å². The Hall–Kier alpha value is -4.37. The summed E-state index contributed by atoms with van der Waals surface area (Å²) in [5, 5.41) is 5.54. The summed E-state index contributed by atoms with van der Waals surface area (Å²) in [6.45, 7) is 1.93. The number of carbonyl (C=O) groups excluding carboxylic acids is 4. The molecule has 0 heterocycles. The number of amides is 2. The zero-order chi connectivity index (χ0) is 28.2. The van der Waals surface area contributed by atoms with Crippen molar-refractivity contribution >= 4 is 52.8 Å². The number of ketones is 1. The third kappa shape index (κ3) is 9.46. The third-order valence-corrected chi connectivity index (χ3v) is 6.48. The summed E-state index contributed by atoms with van der Waals surface area (Å²) in [6, 6.07) is 23.2. The molecule has 202 valence electrons. The van der Waals surface area contributed by atoms with Crippen LogP contribution in [0.1, 0.15) is 29.3 Å². The highest BCUT2D eigenvalue weighted by molar-refractivity contribution is 8.00. The van der Waals surface area contributed by atoms with Gasteiger partial charge in [-0.05, 0) is 67.1 Å². The van der Waals surface area contributed by atoms with Gasteiger partial charge in [0.25, 0.3) is 11.8 Å². The topological polar surface area (TPSA) is 105 Å². The summed E-state index contributed by atoms with van der Waals surface area (Å²) in [5.41, 5.74) is 2.79. The van der Waals surface area contributed by atoms with Crippen LogP contribution in [-0.2, 0) is 19.1 Å². The number of hydrogen-bond donors (Lipinski definition) is 2. The molecule has 0 saturated carbocycles. The summed E-state index contributed by atoms with van der Waals surface area (Å²) in [7, 11) is 3.88. The molecule has 2 amide bonds. The molecule has 8 nitrogen and oxygen atoms in total. The van der Waals surface area contributed by atoms with Gasteiger partial charge in [0.05, 0.1) is 12.4 Å². The Morgan fingerprint density at radius 3 is 2.18 bits per heavy atom. The van der Waals surface area contributed by atoms with Crippen LogP contribution in [-0.4, -0.2) is 50.0 Å². The van der Waals surface area contributed by atoms with E-state index >= 15 is 0 Å². The average Bonchev–Trinajstić information content (AvgIpc) is 2.93. The fraction of sp³-hybridized carbons (Fsp3) is 0.200. The lowest BCUT2D eigenvalue weighted by atomic mass is 10.1. The van der Waals surface area contributed by atoms with Crippen molar-refractivity contribution in [2.75, 3.05) is 36.7 Å². The van der Waals surface area contributed by atoms with Crippen molar-refractivity contribution < 1.29 is 23.9 Å². The van der Waals surface area contributed by atoms with Crippen LogP contribution in [0.2, 0.25) is 0 Å². The zero-order valence-corrected chi connectivity index (χ0v) is 22.9. The highest BCUT2D eigenvalue weighted by Gasteiger charge is 2.16. The van der Waals surface area contributed by atoms with Gasteiger partial charge in [-0.15, -0.1) is 11.8 Å². The fourth-order valence-electron chi connectivity index (χ4n) is 3.40. The molecule has 0 atom stereocenters.